The lowest BCUT2D eigenvalue weighted by molar-refractivity contribution is -0.384. The highest BCUT2D eigenvalue weighted by atomic mass is 16.6. The van der Waals surface area contributed by atoms with Crippen molar-refractivity contribution in [2.24, 2.45) is 0 Å². The molecule has 5 nitrogen and oxygen atoms in total. The number of ether oxygens (including phenoxy) is 1. The average molecular weight is 300 g/mol. The summed E-state index contributed by atoms with van der Waals surface area (Å²) in [5.74, 6) is 1.25. The minimum absolute atomic E-state index is 0.0335. The van der Waals surface area contributed by atoms with Crippen LogP contribution in [0.1, 0.15) is 26.3 Å². The summed E-state index contributed by atoms with van der Waals surface area (Å²) >= 11 is 0. The second-order valence-electron chi connectivity index (χ2n) is 6.23. The van der Waals surface area contributed by atoms with Crippen LogP contribution in [0.25, 0.3) is 0 Å². The van der Waals surface area contributed by atoms with Crippen LogP contribution in [0.5, 0.6) is 11.5 Å². The van der Waals surface area contributed by atoms with E-state index >= 15 is 0 Å². The zero-order chi connectivity index (χ0) is 16.3. The lowest BCUT2D eigenvalue weighted by Gasteiger charge is -2.22. The third-order valence-corrected chi connectivity index (χ3v) is 2.93. The number of rotatable bonds is 4. The number of anilines is 1. The molecular weight excluding hydrogens is 280 g/mol. The van der Waals surface area contributed by atoms with Gasteiger partial charge in [0.15, 0.2) is 0 Å². The van der Waals surface area contributed by atoms with Gasteiger partial charge in [0.2, 0.25) is 0 Å². The van der Waals surface area contributed by atoms with Crippen LogP contribution < -0.4 is 10.1 Å². The number of nitro groups is 1. The number of nitrogens with one attached hydrogen (secondary N) is 1. The van der Waals surface area contributed by atoms with Crippen LogP contribution in [-0.4, -0.2) is 10.5 Å². The van der Waals surface area contributed by atoms with Gasteiger partial charge in [0.1, 0.15) is 17.2 Å². The molecule has 0 aromatic heterocycles. The number of nitro benzene ring substituents is 1. The van der Waals surface area contributed by atoms with Gasteiger partial charge in [0, 0.05) is 17.7 Å². The van der Waals surface area contributed by atoms with E-state index in [0.29, 0.717) is 17.2 Å². The fourth-order valence-corrected chi connectivity index (χ4v) is 1.98. The van der Waals surface area contributed by atoms with E-state index in [1.807, 2.05) is 52.0 Å². The molecule has 2 aromatic rings. The van der Waals surface area contributed by atoms with Gasteiger partial charge in [-0.3, -0.25) is 10.1 Å². The van der Waals surface area contributed by atoms with Crippen molar-refractivity contribution >= 4 is 11.4 Å². The maximum absolute atomic E-state index is 11.1. The molecule has 0 fully saturated rings. The second kappa shape index (κ2) is 6.05. The van der Waals surface area contributed by atoms with Crippen LogP contribution in [0, 0.1) is 17.0 Å². The summed E-state index contributed by atoms with van der Waals surface area (Å²) < 4.78 is 5.76. The zero-order valence-electron chi connectivity index (χ0n) is 13.2. The number of hydrogen-bond acceptors (Lipinski definition) is 4. The highest BCUT2D eigenvalue weighted by molar-refractivity contribution is 5.65. The molecule has 0 atom stereocenters. The van der Waals surface area contributed by atoms with Gasteiger partial charge in [-0.15, -0.1) is 0 Å². The van der Waals surface area contributed by atoms with Crippen molar-refractivity contribution in [3.63, 3.8) is 0 Å². The molecule has 0 bridgehead atoms. The van der Waals surface area contributed by atoms with Gasteiger partial charge in [-0.05, 0) is 45.9 Å². The van der Waals surface area contributed by atoms with Crippen LogP contribution in [0.2, 0.25) is 0 Å². The molecule has 0 radical (unpaired) electrons. The summed E-state index contributed by atoms with van der Waals surface area (Å²) in [7, 11) is 0. The summed E-state index contributed by atoms with van der Waals surface area (Å²) in [4.78, 5) is 10.7. The third-order valence-electron chi connectivity index (χ3n) is 2.93. The summed E-state index contributed by atoms with van der Waals surface area (Å²) in [6.45, 7) is 7.85. The van der Waals surface area contributed by atoms with Gasteiger partial charge in [-0.2, -0.15) is 0 Å². The van der Waals surface area contributed by atoms with E-state index in [1.165, 1.54) is 6.07 Å². The molecule has 1 N–H and O–H groups in total. The average Bonchev–Trinajstić information content (AvgIpc) is 2.39. The topological polar surface area (TPSA) is 64.4 Å². The van der Waals surface area contributed by atoms with Gasteiger partial charge >= 0.3 is 0 Å². The van der Waals surface area contributed by atoms with Crippen molar-refractivity contribution in [3.05, 3.63) is 58.1 Å². The lowest BCUT2D eigenvalue weighted by atomic mass is 10.1. The Morgan fingerprint density at radius 1 is 1.05 bits per heavy atom. The SMILES string of the molecule is Cc1ccc(Oc2ccc([N+](=O)[O-])c(NC(C)(C)C)c2)cc1. The lowest BCUT2D eigenvalue weighted by Crippen LogP contribution is -2.26. The first-order valence-electron chi connectivity index (χ1n) is 7.06. The predicted octanol–water partition coefficient (Wildman–Crippen LogP) is 4.91. The molecule has 0 aliphatic carbocycles. The van der Waals surface area contributed by atoms with Crippen molar-refractivity contribution in [2.75, 3.05) is 5.32 Å². The number of aryl methyl sites for hydroxylation is 1. The Hall–Kier alpha value is -2.56. The summed E-state index contributed by atoms with van der Waals surface area (Å²) in [5, 5.41) is 14.3. The normalized spacial score (nSPS) is 11.1. The number of benzene rings is 2. The van der Waals surface area contributed by atoms with Crippen molar-refractivity contribution in [1.82, 2.24) is 0 Å². The van der Waals surface area contributed by atoms with E-state index < -0.39 is 4.92 Å². The maximum Gasteiger partial charge on any atom is 0.292 e. The summed E-state index contributed by atoms with van der Waals surface area (Å²) in [6.07, 6.45) is 0. The molecular formula is C17H20N2O3. The van der Waals surface area contributed by atoms with Crippen LogP contribution in [0.4, 0.5) is 11.4 Å². The zero-order valence-corrected chi connectivity index (χ0v) is 13.2. The van der Waals surface area contributed by atoms with E-state index in [9.17, 15) is 10.1 Å². The van der Waals surface area contributed by atoms with Gasteiger partial charge in [-0.1, -0.05) is 17.7 Å². The Morgan fingerprint density at radius 2 is 1.64 bits per heavy atom. The highest BCUT2D eigenvalue weighted by Crippen LogP contribution is 2.33. The van der Waals surface area contributed by atoms with Crippen LogP contribution in [0.3, 0.4) is 0 Å². The summed E-state index contributed by atoms with van der Waals surface area (Å²) in [5.41, 5.74) is 1.34. The standard InChI is InChI=1S/C17H20N2O3/c1-12-5-7-13(8-6-12)22-14-9-10-16(19(20)21)15(11-14)18-17(2,3)4/h5-11,18H,1-4H3. The first-order valence-corrected chi connectivity index (χ1v) is 7.06. The first-order chi connectivity index (χ1) is 10.2. The molecule has 0 spiro atoms. The number of nitrogens with zero attached hydrogens (tertiary/aromatic N) is 1. The molecule has 2 aromatic carbocycles. The Morgan fingerprint density at radius 3 is 2.18 bits per heavy atom. The van der Waals surface area contributed by atoms with Crippen LogP contribution >= 0.6 is 0 Å². The van der Waals surface area contributed by atoms with Crippen LogP contribution in [0.15, 0.2) is 42.5 Å². The maximum atomic E-state index is 11.1. The Balaban J connectivity index is 2.31. The van der Waals surface area contributed by atoms with Crippen molar-refractivity contribution in [3.8, 4) is 11.5 Å². The molecule has 0 saturated heterocycles. The first kappa shape index (κ1) is 15.8. The van der Waals surface area contributed by atoms with E-state index in [-0.39, 0.29) is 11.2 Å². The molecule has 0 amide bonds. The van der Waals surface area contributed by atoms with E-state index in [4.69, 9.17) is 4.74 Å². The molecule has 0 heterocycles. The van der Waals surface area contributed by atoms with Gasteiger partial charge in [0.05, 0.1) is 4.92 Å². The fraction of sp³-hybridized carbons (Fsp3) is 0.294. The smallest absolute Gasteiger partial charge is 0.292 e. The van der Waals surface area contributed by atoms with Gasteiger partial charge in [-0.25, -0.2) is 0 Å². The van der Waals surface area contributed by atoms with Crippen molar-refractivity contribution in [1.29, 1.82) is 0 Å². The molecule has 2 rings (SSSR count). The predicted molar refractivity (Wildman–Crippen MR) is 87.7 cm³/mol. The summed E-state index contributed by atoms with van der Waals surface area (Å²) in [6, 6.07) is 12.4. The Labute approximate surface area is 130 Å². The molecule has 0 aliphatic rings. The third kappa shape index (κ3) is 4.22. The molecule has 5 heteroatoms. The Bertz CT molecular complexity index is 673. The van der Waals surface area contributed by atoms with E-state index in [1.54, 1.807) is 12.1 Å². The molecule has 116 valence electrons. The van der Waals surface area contributed by atoms with E-state index in [0.717, 1.165) is 5.56 Å². The highest BCUT2D eigenvalue weighted by Gasteiger charge is 2.19. The van der Waals surface area contributed by atoms with Crippen LogP contribution in [-0.2, 0) is 0 Å². The quantitative estimate of drug-likeness (QED) is 0.644. The molecule has 22 heavy (non-hydrogen) atoms. The Kier molecular flexibility index (Phi) is 4.35. The molecule has 0 aliphatic heterocycles. The number of hydrogen-bond donors (Lipinski definition) is 1. The van der Waals surface area contributed by atoms with E-state index in [2.05, 4.69) is 5.32 Å². The van der Waals surface area contributed by atoms with Gasteiger partial charge in [0.25, 0.3) is 5.69 Å². The second-order valence-corrected chi connectivity index (χ2v) is 6.23. The fourth-order valence-electron chi connectivity index (χ4n) is 1.98. The molecule has 0 unspecified atom stereocenters. The van der Waals surface area contributed by atoms with Crippen molar-refractivity contribution in [2.45, 2.75) is 33.2 Å². The monoisotopic (exact) mass is 300 g/mol. The minimum Gasteiger partial charge on any atom is -0.457 e. The minimum atomic E-state index is -0.399. The largest absolute Gasteiger partial charge is 0.457 e. The van der Waals surface area contributed by atoms with Crippen molar-refractivity contribution < 1.29 is 9.66 Å². The van der Waals surface area contributed by atoms with Gasteiger partial charge < -0.3 is 10.1 Å². The molecule has 0 saturated carbocycles.